The van der Waals surface area contributed by atoms with E-state index in [0.29, 0.717) is 10.5 Å². The highest BCUT2D eigenvalue weighted by Gasteiger charge is 2.04. The second kappa shape index (κ2) is 2.92. The largest absolute Gasteiger partial charge is 0.323 e. The van der Waals surface area contributed by atoms with E-state index < -0.39 is 0 Å². The Morgan fingerprint density at radius 3 is 3.08 bits per heavy atom. The molecule has 0 spiro atoms. The number of hydrogen-bond donors (Lipinski definition) is 1. The first-order chi connectivity index (χ1) is 6.22. The molecule has 0 aromatic carbocycles. The molecule has 0 saturated carbocycles. The predicted molar refractivity (Wildman–Crippen MR) is 52.4 cm³/mol. The Labute approximate surface area is 80.0 Å². The van der Waals surface area contributed by atoms with Crippen molar-refractivity contribution in [1.29, 1.82) is 0 Å². The van der Waals surface area contributed by atoms with Gasteiger partial charge < -0.3 is 9.38 Å². The van der Waals surface area contributed by atoms with Gasteiger partial charge in [-0.2, -0.15) is 0 Å². The minimum absolute atomic E-state index is 0.130. The zero-order valence-corrected chi connectivity index (χ0v) is 7.93. The topological polar surface area (TPSA) is 37.3 Å². The SMILES string of the molecule is CCc1cn2ccc(Cl)c2c(=O)[nH]1. The van der Waals surface area contributed by atoms with Gasteiger partial charge in [0.15, 0.2) is 0 Å². The van der Waals surface area contributed by atoms with Crippen LogP contribution in [0.25, 0.3) is 5.52 Å². The highest BCUT2D eigenvalue weighted by Crippen LogP contribution is 2.14. The van der Waals surface area contributed by atoms with Crippen molar-refractivity contribution in [2.24, 2.45) is 0 Å². The number of nitrogens with zero attached hydrogens (tertiary/aromatic N) is 1. The van der Waals surface area contributed by atoms with Crippen LogP contribution in [0.2, 0.25) is 5.02 Å². The maximum absolute atomic E-state index is 11.5. The van der Waals surface area contributed by atoms with Gasteiger partial charge in [0.1, 0.15) is 5.52 Å². The van der Waals surface area contributed by atoms with Crippen molar-refractivity contribution in [1.82, 2.24) is 9.38 Å². The third kappa shape index (κ3) is 1.25. The van der Waals surface area contributed by atoms with Gasteiger partial charge >= 0.3 is 0 Å². The summed E-state index contributed by atoms with van der Waals surface area (Å²) >= 11 is 5.83. The number of rotatable bonds is 1. The first-order valence-electron chi connectivity index (χ1n) is 4.10. The summed E-state index contributed by atoms with van der Waals surface area (Å²) in [6.45, 7) is 1.99. The number of aromatic nitrogens is 2. The maximum atomic E-state index is 11.5. The molecule has 0 atom stereocenters. The number of nitrogens with one attached hydrogen (secondary N) is 1. The van der Waals surface area contributed by atoms with Crippen LogP contribution in [0.4, 0.5) is 0 Å². The van der Waals surface area contributed by atoms with Gasteiger partial charge in [0.25, 0.3) is 5.56 Å². The minimum atomic E-state index is -0.130. The standard InChI is InChI=1S/C9H9ClN2O/c1-2-6-5-12-4-3-7(10)8(12)9(13)11-6/h3-5H,2H2,1H3,(H,11,13). The van der Waals surface area contributed by atoms with E-state index in [4.69, 9.17) is 11.6 Å². The molecule has 3 nitrogen and oxygen atoms in total. The van der Waals surface area contributed by atoms with Gasteiger partial charge in [-0.25, -0.2) is 0 Å². The average molecular weight is 197 g/mol. The highest BCUT2D eigenvalue weighted by molar-refractivity contribution is 6.33. The van der Waals surface area contributed by atoms with E-state index in [1.165, 1.54) is 0 Å². The average Bonchev–Trinajstić information content (AvgIpc) is 2.48. The molecule has 0 unspecified atom stereocenters. The molecule has 2 aromatic heterocycles. The van der Waals surface area contributed by atoms with Crippen LogP contribution in [0.1, 0.15) is 12.6 Å². The molecule has 2 rings (SSSR count). The first kappa shape index (κ1) is 8.38. The van der Waals surface area contributed by atoms with Gasteiger partial charge in [-0.15, -0.1) is 0 Å². The minimum Gasteiger partial charge on any atom is -0.323 e. The lowest BCUT2D eigenvalue weighted by Gasteiger charge is -1.98. The first-order valence-corrected chi connectivity index (χ1v) is 4.48. The van der Waals surface area contributed by atoms with Crippen LogP contribution < -0.4 is 5.56 Å². The van der Waals surface area contributed by atoms with Crippen molar-refractivity contribution in [2.45, 2.75) is 13.3 Å². The Kier molecular flexibility index (Phi) is 1.88. The molecule has 0 fully saturated rings. The summed E-state index contributed by atoms with van der Waals surface area (Å²) in [5.41, 5.74) is 1.29. The lowest BCUT2D eigenvalue weighted by molar-refractivity contribution is 0.964. The Balaban J connectivity index is 2.87. The van der Waals surface area contributed by atoms with Gasteiger partial charge in [0, 0.05) is 18.1 Å². The fraction of sp³-hybridized carbons (Fsp3) is 0.222. The van der Waals surface area contributed by atoms with Crippen molar-refractivity contribution < 1.29 is 0 Å². The Morgan fingerprint density at radius 2 is 2.38 bits per heavy atom. The number of fused-ring (bicyclic) bond motifs is 1. The summed E-state index contributed by atoms with van der Waals surface area (Å²) in [5, 5.41) is 0.490. The molecular formula is C9H9ClN2O. The summed E-state index contributed by atoms with van der Waals surface area (Å²) in [5.74, 6) is 0. The highest BCUT2D eigenvalue weighted by atomic mass is 35.5. The molecule has 4 heteroatoms. The Morgan fingerprint density at radius 1 is 1.62 bits per heavy atom. The van der Waals surface area contributed by atoms with Crippen LogP contribution in [-0.2, 0) is 6.42 Å². The second-order valence-electron chi connectivity index (χ2n) is 2.88. The van der Waals surface area contributed by atoms with Crippen molar-refractivity contribution >= 4 is 17.1 Å². The van der Waals surface area contributed by atoms with E-state index >= 15 is 0 Å². The van der Waals surface area contributed by atoms with E-state index in [1.807, 2.05) is 13.1 Å². The smallest absolute Gasteiger partial charge is 0.273 e. The van der Waals surface area contributed by atoms with Gasteiger partial charge in [0.05, 0.1) is 5.02 Å². The van der Waals surface area contributed by atoms with Crippen LogP contribution in [0.5, 0.6) is 0 Å². The molecule has 0 amide bonds. The van der Waals surface area contributed by atoms with Crippen LogP contribution in [0, 0.1) is 0 Å². The number of aryl methyl sites for hydroxylation is 1. The van der Waals surface area contributed by atoms with Crippen LogP contribution >= 0.6 is 11.6 Å². The number of H-pyrrole nitrogens is 1. The molecule has 0 saturated heterocycles. The van der Waals surface area contributed by atoms with E-state index in [-0.39, 0.29) is 5.56 Å². The third-order valence-corrected chi connectivity index (χ3v) is 2.34. The van der Waals surface area contributed by atoms with Gasteiger partial charge in [-0.1, -0.05) is 18.5 Å². The van der Waals surface area contributed by atoms with Gasteiger partial charge in [0.2, 0.25) is 0 Å². The lowest BCUT2D eigenvalue weighted by Crippen LogP contribution is -2.11. The summed E-state index contributed by atoms with van der Waals surface area (Å²) in [6.07, 6.45) is 4.47. The molecule has 1 N–H and O–H groups in total. The van der Waals surface area contributed by atoms with Gasteiger partial charge in [-0.3, -0.25) is 4.79 Å². The third-order valence-electron chi connectivity index (χ3n) is 2.03. The van der Waals surface area contributed by atoms with Crippen LogP contribution in [-0.4, -0.2) is 9.38 Å². The number of halogens is 1. The summed E-state index contributed by atoms with van der Waals surface area (Å²) in [6, 6.07) is 1.71. The maximum Gasteiger partial charge on any atom is 0.273 e. The zero-order chi connectivity index (χ0) is 9.42. The van der Waals surface area contributed by atoms with Crippen molar-refractivity contribution in [3.8, 4) is 0 Å². The summed E-state index contributed by atoms with van der Waals surface area (Å²) in [4.78, 5) is 14.2. The molecular weight excluding hydrogens is 188 g/mol. The van der Waals surface area contributed by atoms with Crippen molar-refractivity contribution in [3.63, 3.8) is 0 Å². The fourth-order valence-electron chi connectivity index (χ4n) is 1.34. The van der Waals surface area contributed by atoms with E-state index in [0.717, 1.165) is 12.1 Å². The van der Waals surface area contributed by atoms with Crippen molar-refractivity contribution in [3.05, 3.63) is 39.5 Å². The Bertz CT molecular complexity index is 498. The van der Waals surface area contributed by atoms with Gasteiger partial charge in [-0.05, 0) is 12.5 Å². The molecule has 13 heavy (non-hydrogen) atoms. The molecule has 68 valence electrons. The molecule has 0 aliphatic carbocycles. The van der Waals surface area contributed by atoms with E-state index in [2.05, 4.69) is 4.98 Å². The van der Waals surface area contributed by atoms with Crippen LogP contribution in [0.15, 0.2) is 23.3 Å². The summed E-state index contributed by atoms with van der Waals surface area (Å²) < 4.78 is 1.75. The zero-order valence-electron chi connectivity index (χ0n) is 7.17. The second-order valence-corrected chi connectivity index (χ2v) is 3.29. The molecule has 0 aliphatic heterocycles. The normalized spacial score (nSPS) is 10.9. The molecule has 2 heterocycles. The monoisotopic (exact) mass is 196 g/mol. The van der Waals surface area contributed by atoms with E-state index in [1.54, 1.807) is 16.7 Å². The Hall–Kier alpha value is -1.22. The molecule has 0 bridgehead atoms. The quantitative estimate of drug-likeness (QED) is 0.743. The lowest BCUT2D eigenvalue weighted by atomic mass is 10.3. The van der Waals surface area contributed by atoms with E-state index in [9.17, 15) is 4.79 Å². The molecule has 0 aliphatic rings. The van der Waals surface area contributed by atoms with Crippen LogP contribution in [0.3, 0.4) is 0 Å². The molecule has 2 aromatic rings. The number of hydrogen-bond acceptors (Lipinski definition) is 1. The fourth-order valence-corrected chi connectivity index (χ4v) is 1.58. The molecule has 0 radical (unpaired) electrons. The number of aromatic amines is 1. The predicted octanol–water partition coefficient (Wildman–Crippen LogP) is 1.84. The van der Waals surface area contributed by atoms with Crippen molar-refractivity contribution in [2.75, 3.05) is 0 Å². The summed E-state index contributed by atoms with van der Waals surface area (Å²) in [7, 11) is 0.